The molecule has 0 amide bonds. The smallest absolute Gasteiger partial charge is 0.363 e. The fourth-order valence-corrected chi connectivity index (χ4v) is 2.88. The number of hydrogen-bond acceptors (Lipinski definition) is 6. The number of esters is 1. The maximum atomic E-state index is 12.2. The highest BCUT2D eigenvalue weighted by atomic mass is 35.5. The zero-order chi connectivity index (χ0) is 19.4. The van der Waals surface area contributed by atoms with Gasteiger partial charge in [-0.2, -0.15) is 0 Å². The van der Waals surface area contributed by atoms with Crippen molar-refractivity contribution in [2.24, 2.45) is 4.99 Å². The highest BCUT2D eigenvalue weighted by Crippen LogP contribution is 2.37. The predicted molar refractivity (Wildman–Crippen MR) is 103 cm³/mol. The summed E-state index contributed by atoms with van der Waals surface area (Å²) in [5, 5.41) is 0.378. The molecule has 0 saturated heterocycles. The molecule has 1 heterocycles. The number of nitrogens with zero attached hydrogens (tertiary/aromatic N) is 1. The van der Waals surface area contributed by atoms with E-state index in [4.69, 9.17) is 30.5 Å². The Hall–Kier alpha value is -2.99. The Kier molecular flexibility index (Phi) is 5.66. The molecular weight excluding hydrogens is 370 g/mol. The molecule has 1 aliphatic rings. The van der Waals surface area contributed by atoms with E-state index >= 15 is 0 Å². The van der Waals surface area contributed by atoms with Crippen LogP contribution in [0.2, 0.25) is 5.02 Å². The number of methoxy groups -OCH3 is 2. The first-order chi connectivity index (χ1) is 13.1. The lowest BCUT2D eigenvalue weighted by Gasteiger charge is -2.11. The highest BCUT2D eigenvalue weighted by Gasteiger charge is 2.26. The van der Waals surface area contributed by atoms with E-state index in [9.17, 15) is 4.79 Å². The van der Waals surface area contributed by atoms with Crippen LogP contribution in [-0.4, -0.2) is 32.7 Å². The lowest BCUT2D eigenvalue weighted by atomic mass is 10.1. The Morgan fingerprint density at radius 2 is 1.89 bits per heavy atom. The monoisotopic (exact) mass is 387 g/mol. The number of ether oxygens (including phenoxy) is 4. The number of benzene rings is 2. The van der Waals surface area contributed by atoms with Crippen LogP contribution in [0.3, 0.4) is 0 Å². The van der Waals surface area contributed by atoms with Gasteiger partial charge in [0.1, 0.15) is 5.75 Å². The molecule has 0 saturated carbocycles. The van der Waals surface area contributed by atoms with Crippen molar-refractivity contribution in [2.75, 3.05) is 20.8 Å². The maximum Gasteiger partial charge on any atom is 0.363 e. The lowest BCUT2D eigenvalue weighted by molar-refractivity contribution is -0.129. The minimum atomic E-state index is -0.556. The minimum Gasteiger partial charge on any atom is -0.496 e. The molecule has 0 unspecified atom stereocenters. The number of halogens is 1. The van der Waals surface area contributed by atoms with Gasteiger partial charge in [-0.15, -0.1) is 0 Å². The number of rotatable bonds is 6. The molecule has 0 radical (unpaired) electrons. The molecule has 0 aromatic heterocycles. The first-order valence-electron chi connectivity index (χ1n) is 8.23. The number of aliphatic imine (C=N–C) groups is 1. The van der Waals surface area contributed by atoms with Crippen LogP contribution in [0.15, 0.2) is 47.1 Å². The molecule has 0 fully saturated rings. The highest BCUT2D eigenvalue weighted by molar-refractivity contribution is 6.32. The SMILES string of the molecule is CCOc1c(Cl)cc(/C=C2\N=C(c3ccccc3OC)OC2=O)cc1OC. The maximum absolute atomic E-state index is 12.2. The Morgan fingerprint density at radius 3 is 2.59 bits per heavy atom. The average Bonchev–Trinajstić information content (AvgIpc) is 3.04. The minimum absolute atomic E-state index is 0.151. The Labute approximate surface area is 162 Å². The summed E-state index contributed by atoms with van der Waals surface area (Å²) in [6.07, 6.45) is 1.58. The summed E-state index contributed by atoms with van der Waals surface area (Å²) in [5.74, 6) is 1.12. The van der Waals surface area contributed by atoms with Gasteiger partial charge in [-0.1, -0.05) is 23.7 Å². The van der Waals surface area contributed by atoms with Crippen molar-refractivity contribution in [3.05, 3.63) is 58.2 Å². The van der Waals surface area contributed by atoms with E-state index in [1.807, 2.05) is 19.1 Å². The lowest BCUT2D eigenvalue weighted by Crippen LogP contribution is -2.06. The van der Waals surface area contributed by atoms with Gasteiger partial charge in [0.25, 0.3) is 0 Å². The van der Waals surface area contributed by atoms with Crippen molar-refractivity contribution < 1.29 is 23.7 Å². The van der Waals surface area contributed by atoms with Gasteiger partial charge >= 0.3 is 5.97 Å². The summed E-state index contributed by atoms with van der Waals surface area (Å²) >= 11 is 6.28. The normalized spacial score (nSPS) is 14.7. The molecule has 6 nitrogen and oxygen atoms in total. The van der Waals surface area contributed by atoms with Crippen molar-refractivity contribution in [1.29, 1.82) is 0 Å². The number of para-hydroxylation sites is 1. The second-order valence-corrected chi connectivity index (χ2v) is 5.91. The standard InChI is InChI=1S/C20H18ClNO5/c1-4-26-18-14(21)9-12(11-17(18)25-3)10-15-20(23)27-19(22-15)13-7-5-6-8-16(13)24-2/h5-11H,4H2,1-3H3/b15-10-. The number of carbonyl (C=O) groups excluding carboxylic acids is 1. The molecule has 0 atom stereocenters. The third-order valence-corrected chi connectivity index (χ3v) is 4.08. The predicted octanol–water partition coefficient (Wildman–Crippen LogP) is 4.10. The molecule has 140 valence electrons. The van der Waals surface area contributed by atoms with Crippen LogP contribution in [0.25, 0.3) is 6.08 Å². The Bertz CT molecular complexity index is 936. The largest absolute Gasteiger partial charge is 0.496 e. The summed E-state index contributed by atoms with van der Waals surface area (Å²) < 4.78 is 21.4. The van der Waals surface area contributed by atoms with Gasteiger partial charge < -0.3 is 18.9 Å². The molecule has 3 rings (SSSR count). The first-order valence-corrected chi connectivity index (χ1v) is 8.61. The first kappa shape index (κ1) is 18.8. The van der Waals surface area contributed by atoms with Gasteiger partial charge in [-0.3, -0.25) is 0 Å². The summed E-state index contributed by atoms with van der Waals surface area (Å²) in [4.78, 5) is 16.5. The quantitative estimate of drug-likeness (QED) is 0.551. The number of carbonyl (C=O) groups is 1. The van der Waals surface area contributed by atoms with Crippen molar-refractivity contribution in [2.45, 2.75) is 6.92 Å². The topological polar surface area (TPSA) is 66.3 Å². The van der Waals surface area contributed by atoms with Crippen molar-refractivity contribution in [3.8, 4) is 17.2 Å². The molecule has 0 aliphatic carbocycles. The number of hydrogen-bond donors (Lipinski definition) is 0. The molecule has 0 bridgehead atoms. The molecular formula is C20H18ClNO5. The van der Waals surface area contributed by atoms with Crippen LogP contribution in [0, 0.1) is 0 Å². The molecule has 27 heavy (non-hydrogen) atoms. The molecule has 2 aromatic carbocycles. The zero-order valence-electron chi connectivity index (χ0n) is 15.1. The Morgan fingerprint density at radius 1 is 1.15 bits per heavy atom. The van der Waals surface area contributed by atoms with E-state index in [0.29, 0.717) is 40.0 Å². The van der Waals surface area contributed by atoms with Crippen LogP contribution in [-0.2, 0) is 9.53 Å². The van der Waals surface area contributed by atoms with E-state index in [1.54, 1.807) is 37.5 Å². The van der Waals surface area contributed by atoms with Crippen molar-refractivity contribution >= 4 is 29.5 Å². The van der Waals surface area contributed by atoms with Gasteiger partial charge in [0, 0.05) is 0 Å². The van der Waals surface area contributed by atoms with Crippen LogP contribution < -0.4 is 14.2 Å². The molecule has 7 heteroatoms. The molecule has 0 spiro atoms. The van der Waals surface area contributed by atoms with Crippen LogP contribution >= 0.6 is 11.6 Å². The van der Waals surface area contributed by atoms with E-state index in [2.05, 4.69) is 4.99 Å². The van der Waals surface area contributed by atoms with Gasteiger partial charge in [-0.05, 0) is 42.8 Å². The van der Waals surface area contributed by atoms with E-state index in [1.165, 1.54) is 7.11 Å². The van der Waals surface area contributed by atoms with Crippen LogP contribution in [0.4, 0.5) is 0 Å². The molecule has 1 aliphatic heterocycles. The third kappa shape index (κ3) is 3.90. The summed E-state index contributed by atoms with van der Waals surface area (Å²) in [5.41, 5.74) is 1.38. The van der Waals surface area contributed by atoms with Crippen LogP contribution in [0.5, 0.6) is 17.2 Å². The van der Waals surface area contributed by atoms with Gasteiger partial charge in [-0.25, -0.2) is 9.79 Å². The number of cyclic esters (lactones) is 1. The Balaban J connectivity index is 1.99. The second-order valence-electron chi connectivity index (χ2n) is 5.50. The van der Waals surface area contributed by atoms with Gasteiger partial charge in [0.05, 0.1) is 31.4 Å². The summed E-state index contributed by atoms with van der Waals surface area (Å²) in [6, 6.07) is 10.6. The van der Waals surface area contributed by atoms with Crippen molar-refractivity contribution in [1.82, 2.24) is 0 Å². The fourth-order valence-electron chi connectivity index (χ4n) is 2.61. The molecule has 2 aromatic rings. The van der Waals surface area contributed by atoms with E-state index < -0.39 is 5.97 Å². The van der Waals surface area contributed by atoms with Crippen molar-refractivity contribution in [3.63, 3.8) is 0 Å². The molecule has 0 N–H and O–H groups in total. The average molecular weight is 388 g/mol. The van der Waals surface area contributed by atoms with Gasteiger partial charge in [0.15, 0.2) is 17.2 Å². The summed E-state index contributed by atoms with van der Waals surface area (Å²) in [7, 11) is 3.06. The van der Waals surface area contributed by atoms with E-state index in [0.717, 1.165) is 0 Å². The fraction of sp³-hybridized carbons (Fsp3) is 0.200. The zero-order valence-corrected chi connectivity index (χ0v) is 15.9. The van der Waals surface area contributed by atoms with E-state index in [-0.39, 0.29) is 11.6 Å². The van der Waals surface area contributed by atoms with Gasteiger partial charge in [0.2, 0.25) is 5.90 Å². The second kappa shape index (κ2) is 8.14. The van der Waals surface area contributed by atoms with Crippen LogP contribution in [0.1, 0.15) is 18.1 Å². The summed E-state index contributed by atoms with van der Waals surface area (Å²) in [6.45, 7) is 2.31. The third-order valence-electron chi connectivity index (χ3n) is 3.80.